The van der Waals surface area contributed by atoms with Crippen molar-refractivity contribution in [1.82, 2.24) is 0 Å². The van der Waals surface area contributed by atoms with Crippen molar-refractivity contribution < 1.29 is 4.74 Å². The van der Waals surface area contributed by atoms with Gasteiger partial charge in [0.05, 0.1) is 6.10 Å². The Labute approximate surface area is 79.7 Å². The second-order valence-corrected chi connectivity index (χ2v) is 3.54. The van der Waals surface area contributed by atoms with E-state index in [1.165, 1.54) is 30.4 Å². The predicted molar refractivity (Wildman–Crippen MR) is 53.7 cm³/mol. The molecule has 1 aromatic rings. The Bertz CT molecular complexity index is 280. The molecule has 1 unspecified atom stereocenters. The van der Waals surface area contributed by atoms with Gasteiger partial charge in [-0.2, -0.15) is 0 Å². The maximum absolute atomic E-state index is 5.71. The van der Waals surface area contributed by atoms with Crippen LogP contribution in [0.25, 0.3) is 0 Å². The van der Waals surface area contributed by atoms with Crippen LogP contribution in [0, 0.1) is 0 Å². The average molecular weight is 176 g/mol. The quantitative estimate of drug-likeness (QED) is 0.672. The summed E-state index contributed by atoms with van der Waals surface area (Å²) in [5.41, 5.74) is 2.89. The first-order valence-corrected chi connectivity index (χ1v) is 5.11. The summed E-state index contributed by atoms with van der Waals surface area (Å²) in [5, 5.41) is 0. The molecule has 70 valence electrons. The molecule has 2 rings (SSSR count). The molecule has 0 saturated carbocycles. The van der Waals surface area contributed by atoms with Gasteiger partial charge in [0.15, 0.2) is 0 Å². The van der Waals surface area contributed by atoms with Crippen LogP contribution < -0.4 is 0 Å². The predicted octanol–water partition coefficient (Wildman–Crippen LogP) is 3.10. The van der Waals surface area contributed by atoms with Crippen LogP contribution in [-0.2, 0) is 11.2 Å². The van der Waals surface area contributed by atoms with Crippen molar-refractivity contribution in [1.29, 1.82) is 0 Å². The van der Waals surface area contributed by atoms with Crippen molar-refractivity contribution in [3.8, 4) is 0 Å². The zero-order valence-corrected chi connectivity index (χ0v) is 8.12. The summed E-state index contributed by atoms with van der Waals surface area (Å²) < 4.78 is 5.71. The van der Waals surface area contributed by atoms with Gasteiger partial charge in [-0.25, -0.2) is 0 Å². The molecule has 0 heterocycles. The van der Waals surface area contributed by atoms with E-state index in [9.17, 15) is 0 Å². The van der Waals surface area contributed by atoms with Crippen molar-refractivity contribution in [3.63, 3.8) is 0 Å². The van der Waals surface area contributed by atoms with Crippen LogP contribution in [0.3, 0.4) is 0 Å². The van der Waals surface area contributed by atoms with Gasteiger partial charge in [0, 0.05) is 6.61 Å². The second-order valence-electron chi connectivity index (χ2n) is 3.54. The van der Waals surface area contributed by atoms with E-state index in [2.05, 4.69) is 31.2 Å². The van der Waals surface area contributed by atoms with Crippen molar-refractivity contribution in [2.24, 2.45) is 0 Å². The molecule has 0 aromatic heterocycles. The van der Waals surface area contributed by atoms with Crippen LogP contribution in [0.4, 0.5) is 0 Å². The summed E-state index contributed by atoms with van der Waals surface area (Å²) in [6.07, 6.45) is 4.03. The Morgan fingerprint density at radius 1 is 1.38 bits per heavy atom. The minimum absolute atomic E-state index is 0.356. The molecule has 0 fully saturated rings. The Balaban J connectivity index is 2.26. The molecule has 1 aliphatic rings. The molecule has 0 bridgehead atoms. The van der Waals surface area contributed by atoms with Gasteiger partial charge < -0.3 is 4.74 Å². The Hall–Kier alpha value is -0.820. The van der Waals surface area contributed by atoms with E-state index < -0.39 is 0 Å². The van der Waals surface area contributed by atoms with Gasteiger partial charge in [0.2, 0.25) is 0 Å². The smallest absolute Gasteiger partial charge is 0.0827 e. The monoisotopic (exact) mass is 176 g/mol. The lowest BCUT2D eigenvalue weighted by molar-refractivity contribution is 0.0500. The highest BCUT2D eigenvalue weighted by molar-refractivity contribution is 5.31. The summed E-state index contributed by atoms with van der Waals surface area (Å²) in [7, 11) is 0. The fourth-order valence-electron chi connectivity index (χ4n) is 2.08. The maximum atomic E-state index is 5.71. The third-order valence-corrected chi connectivity index (χ3v) is 2.68. The van der Waals surface area contributed by atoms with Gasteiger partial charge in [-0.05, 0) is 37.3 Å². The molecule has 0 amide bonds. The Morgan fingerprint density at radius 2 is 2.23 bits per heavy atom. The second kappa shape index (κ2) is 3.93. The summed E-state index contributed by atoms with van der Waals surface area (Å²) in [5.74, 6) is 0. The fourth-order valence-corrected chi connectivity index (χ4v) is 2.08. The maximum Gasteiger partial charge on any atom is 0.0827 e. The minimum Gasteiger partial charge on any atom is -0.374 e. The molecule has 0 radical (unpaired) electrons. The lowest BCUT2D eigenvalue weighted by Gasteiger charge is -2.24. The Morgan fingerprint density at radius 3 is 3.08 bits per heavy atom. The molecule has 1 nitrogen and oxygen atoms in total. The fraction of sp³-hybridized carbons (Fsp3) is 0.500. The number of rotatable bonds is 2. The molecule has 1 aromatic carbocycles. The van der Waals surface area contributed by atoms with Crippen molar-refractivity contribution >= 4 is 0 Å². The number of aryl methyl sites for hydroxylation is 1. The summed E-state index contributed by atoms with van der Waals surface area (Å²) in [4.78, 5) is 0. The van der Waals surface area contributed by atoms with Crippen molar-refractivity contribution in [3.05, 3.63) is 35.4 Å². The molecule has 0 N–H and O–H groups in total. The van der Waals surface area contributed by atoms with Gasteiger partial charge in [-0.15, -0.1) is 0 Å². The SMILES string of the molecule is CCOC1CCCc2ccccc21. The van der Waals surface area contributed by atoms with Crippen LogP contribution in [-0.4, -0.2) is 6.61 Å². The largest absolute Gasteiger partial charge is 0.374 e. The third-order valence-electron chi connectivity index (χ3n) is 2.68. The number of fused-ring (bicyclic) bond motifs is 1. The average Bonchev–Trinajstić information content (AvgIpc) is 2.19. The molecular formula is C12H16O. The lowest BCUT2D eigenvalue weighted by Crippen LogP contribution is -2.12. The minimum atomic E-state index is 0.356. The molecule has 1 aliphatic carbocycles. The highest BCUT2D eigenvalue weighted by Gasteiger charge is 2.19. The highest BCUT2D eigenvalue weighted by Crippen LogP contribution is 2.31. The molecular weight excluding hydrogens is 160 g/mol. The molecule has 0 spiro atoms. The summed E-state index contributed by atoms with van der Waals surface area (Å²) in [6.45, 7) is 2.89. The van der Waals surface area contributed by atoms with Crippen molar-refractivity contribution in [2.75, 3.05) is 6.61 Å². The summed E-state index contributed by atoms with van der Waals surface area (Å²) in [6, 6.07) is 8.65. The lowest BCUT2D eigenvalue weighted by atomic mass is 9.89. The van der Waals surface area contributed by atoms with E-state index in [-0.39, 0.29) is 0 Å². The van der Waals surface area contributed by atoms with Gasteiger partial charge in [0.1, 0.15) is 0 Å². The summed E-state index contributed by atoms with van der Waals surface area (Å²) >= 11 is 0. The molecule has 13 heavy (non-hydrogen) atoms. The zero-order valence-electron chi connectivity index (χ0n) is 8.12. The number of ether oxygens (including phenoxy) is 1. The van der Waals surface area contributed by atoms with Gasteiger partial charge in [-0.1, -0.05) is 24.3 Å². The first kappa shape index (κ1) is 8.76. The number of hydrogen-bond acceptors (Lipinski definition) is 1. The molecule has 1 atom stereocenters. The van der Waals surface area contributed by atoms with Gasteiger partial charge in [-0.3, -0.25) is 0 Å². The van der Waals surface area contributed by atoms with Crippen molar-refractivity contribution in [2.45, 2.75) is 32.3 Å². The number of hydrogen-bond donors (Lipinski definition) is 0. The zero-order chi connectivity index (χ0) is 9.10. The third kappa shape index (κ3) is 1.75. The van der Waals surface area contributed by atoms with Crippen LogP contribution in [0.15, 0.2) is 24.3 Å². The van der Waals surface area contributed by atoms with Crippen LogP contribution >= 0.6 is 0 Å². The van der Waals surface area contributed by atoms with Crippen LogP contribution in [0.5, 0.6) is 0 Å². The van der Waals surface area contributed by atoms with E-state index in [1.54, 1.807) is 0 Å². The first-order chi connectivity index (χ1) is 6.42. The van der Waals surface area contributed by atoms with E-state index in [0.29, 0.717) is 6.10 Å². The standard InChI is InChI=1S/C12H16O/c1-2-13-12-9-5-7-10-6-3-4-8-11(10)12/h3-4,6,8,12H,2,5,7,9H2,1H3. The van der Waals surface area contributed by atoms with Crippen LogP contribution in [0.2, 0.25) is 0 Å². The topological polar surface area (TPSA) is 9.23 Å². The van der Waals surface area contributed by atoms with E-state index in [1.807, 2.05) is 0 Å². The van der Waals surface area contributed by atoms with Gasteiger partial charge >= 0.3 is 0 Å². The normalized spacial score (nSPS) is 21.2. The van der Waals surface area contributed by atoms with E-state index in [0.717, 1.165) is 6.61 Å². The highest BCUT2D eigenvalue weighted by atomic mass is 16.5. The van der Waals surface area contributed by atoms with E-state index in [4.69, 9.17) is 4.74 Å². The Kier molecular flexibility index (Phi) is 2.65. The first-order valence-electron chi connectivity index (χ1n) is 5.11. The molecule has 0 aliphatic heterocycles. The molecule has 1 heteroatoms. The van der Waals surface area contributed by atoms with Gasteiger partial charge in [0.25, 0.3) is 0 Å². The van der Waals surface area contributed by atoms with E-state index >= 15 is 0 Å². The number of benzene rings is 1. The molecule has 0 saturated heterocycles. The van der Waals surface area contributed by atoms with Crippen LogP contribution in [0.1, 0.15) is 37.0 Å².